The van der Waals surface area contributed by atoms with Crippen LogP contribution in [0.2, 0.25) is 0 Å². The quantitative estimate of drug-likeness (QED) is 0.221. The van der Waals surface area contributed by atoms with E-state index in [-0.39, 0.29) is 17.3 Å². The Morgan fingerprint density at radius 3 is 2.32 bits per heavy atom. The van der Waals surface area contributed by atoms with E-state index in [1.807, 2.05) is 73.7 Å². The molecule has 188 valence electrons. The molecule has 37 heavy (non-hydrogen) atoms. The highest BCUT2D eigenvalue weighted by Crippen LogP contribution is 2.48. The zero-order valence-corrected chi connectivity index (χ0v) is 22.3. The number of nitro groups is 1. The number of nitrogens with zero attached hydrogens (tertiary/aromatic N) is 3. The van der Waals surface area contributed by atoms with E-state index in [4.69, 9.17) is 0 Å². The Morgan fingerprint density at radius 2 is 1.70 bits per heavy atom. The summed E-state index contributed by atoms with van der Waals surface area (Å²) < 4.78 is 0.881. The van der Waals surface area contributed by atoms with Gasteiger partial charge in [-0.15, -0.1) is 5.10 Å². The molecule has 1 aromatic heterocycles. The number of amides is 1. The fourth-order valence-electron chi connectivity index (χ4n) is 5.22. The molecule has 1 amide bonds. The van der Waals surface area contributed by atoms with Crippen LogP contribution in [-0.2, 0) is 16.8 Å². The van der Waals surface area contributed by atoms with Crippen LogP contribution < -0.4 is 5.32 Å². The maximum atomic E-state index is 13.5. The van der Waals surface area contributed by atoms with Gasteiger partial charge in [0.25, 0.3) is 5.54 Å². The lowest BCUT2D eigenvalue weighted by Crippen LogP contribution is -2.47. The number of rotatable bonds is 6. The Morgan fingerprint density at radius 1 is 1.08 bits per heavy atom. The highest BCUT2D eigenvalue weighted by Gasteiger charge is 2.55. The average molecular weight is 560 g/mol. The lowest BCUT2D eigenvalue weighted by Gasteiger charge is -2.37. The molecule has 8 nitrogen and oxygen atoms in total. The number of aryl methyl sites for hydroxylation is 1. The van der Waals surface area contributed by atoms with Crippen LogP contribution in [0.4, 0.5) is 5.95 Å². The summed E-state index contributed by atoms with van der Waals surface area (Å²) in [5.74, 6) is 0.213. The Labute approximate surface area is 222 Å². The minimum absolute atomic E-state index is 0.0342. The molecule has 2 N–H and O–H groups in total. The lowest BCUT2D eigenvalue weighted by atomic mass is 9.65. The van der Waals surface area contributed by atoms with E-state index in [2.05, 4.69) is 36.4 Å². The summed E-state index contributed by atoms with van der Waals surface area (Å²) in [5, 5.41) is 22.7. The number of fused-ring (bicyclic) bond motifs is 2. The molecule has 0 bridgehead atoms. The molecular weight excluding hydrogens is 534 g/mol. The SMILES string of the molecule is Cc1cccc(-c2nc(NC(=O)C(C)(C)CC3([N+](=O)[O-])c4ccccc4Cc4ccccc43)n[nH]2)c1Br. The van der Waals surface area contributed by atoms with Crippen LogP contribution in [0.1, 0.15) is 48.1 Å². The molecular formula is C28H26BrN5O3. The summed E-state index contributed by atoms with van der Waals surface area (Å²) in [6.07, 6.45) is 0.580. The molecule has 0 saturated heterocycles. The fourth-order valence-corrected chi connectivity index (χ4v) is 5.67. The van der Waals surface area contributed by atoms with Crippen molar-refractivity contribution in [1.82, 2.24) is 15.2 Å². The van der Waals surface area contributed by atoms with Crippen molar-refractivity contribution < 1.29 is 9.72 Å². The van der Waals surface area contributed by atoms with Crippen molar-refractivity contribution in [3.63, 3.8) is 0 Å². The largest absolute Gasteiger partial charge is 0.293 e. The predicted octanol–water partition coefficient (Wildman–Crippen LogP) is 6.02. The van der Waals surface area contributed by atoms with Crippen LogP contribution in [0.3, 0.4) is 0 Å². The van der Waals surface area contributed by atoms with Gasteiger partial charge in [-0.3, -0.25) is 25.3 Å². The highest BCUT2D eigenvalue weighted by molar-refractivity contribution is 9.10. The van der Waals surface area contributed by atoms with Crippen molar-refractivity contribution in [2.75, 3.05) is 5.32 Å². The maximum absolute atomic E-state index is 13.5. The van der Waals surface area contributed by atoms with E-state index in [0.29, 0.717) is 23.4 Å². The Balaban J connectivity index is 1.48. The van der Waals surface area contributed by atoms with Crippen LogP contribution in [0.5, 0.6) is 0 Å². The van der Waals surface area contributed by atoms with Gasteiger partial charge in [-0.2, -0.15) is 4.98 Å². The molecule has 1 aliphatic rings. The summed E-state index contributed by atoms with van der Waals surface area (Å²) in [4.78, 5) is 30.7. The third-order valence-corrected chi connectivity index (χ3v) is 8.14. The number of benzene rings is 3. The van der Waals surface area contributed by atoms with Gasteiger partial charge in [0.15, 0.2) is 5.82 Å². The van der Waals surface area contributed by atoms with Crippen LogP contribution in [0.15, 0.2) is 71.2 Å². The molecule has 0 aliphatic heterocycles. The van der Waals surface area contributed by atoms with Gasteiger partial charge in [-0.1, -0.05) is 80.6 Å². The number of hydrogen-bond donors (Lipinski definition) is 2. The smallest absolute Gasteiger partial charge is 0.273 e. The van der Waals surface area contributed by atoms with Crippen molar-refractivity contribution in [1.29, 1.82) is 0 Å². The topological polar surface area (TPSA) is 114 Å². The number of carbonyl (C=O) groups is 1. The third-order valence-electron chi connectivity index (χ3n) is 7.09. The Hall–Kier alpha value is -3.85. The standard InChI is InChI=1S/C28H26BrN5O3/c1-17-9-8-12-20(23(17)29)24-30-26(33-32-24)31-25(35)27(2,3)16-28(34(36)37)21-13-6-4-10-18(21)15-19-11-5-7-14-22(19)28/h4-14H,15-16H2,1-3H3,(H2,30,31,32,33,35). The van der Waals surface area contributed by atoms with Gasteiger partial charge in [0, 0.05) is 32.5 Å². The van der Waals surface area contributed by atoms with E-state index >= 15 is 0 Å². The zero-order chi connectivity index (χ0) is 26.4. The first-order valence-electron chi connectivity index (χ1n) is 11.9. The minimum atomic E-state index is -1.57. The maximum Gasteiger partial charge on any atom is 0.273 e. The summed E-state index contributed by atoms with van der Waals surface area (Å²) in [6, 6.07) is 20.7. The number of aromatic amines is 1. The molecule has 0 radical (unpaired) electrons. The van der Waals surface area contributed by atoms with Gasteiger partial charge in [-0.25, -0.2) is 0 Å². The van der Waals surface area contributed by atoms with Crippen molar-refractivity contribution in [3.8, 4) is 11.4 Å². The number of H-pyrrole nitrogens is 1. The summed E-state index contributed by atoms with van der Waals surface area (Å²) >= 11 is 3.57. The van der Waals surface area contributed by atoms with Crippen LogP contribution in [0, 0.1) is 22.5 Å². The van der Waals surface area contributed by atoms with Gasteiger partial charge < -0.3 is 0 Å². The zero-order valence-electron chi connectivity index (χ0n) is 20.7. The second-order valence-corrected chi connectivity index (χ2v) is 10.9. The number of nitrogens with one attached hydrogen (secondary N) is 2. The molecule has 3 aromatic carbocycles. The average Bonchev–Trinajstić information content (AvgIpc) is 3.33. The lowest BCUT2D eigenvalue weighted by molar-refractivity contribution is -0.570. The van der Waals surface area contributed by atoms with Crippen molar-refractivity contribution in [2.45, 2.75) is 39.2 Å². The highest BCUT2D eigenvalue weighted by atomic mass is 79.9. The van der Waals surface area contributed by atoms with Gasteiger partial charge in [0.2, 0.25) is 11.9 Å². The van der Waals surface area contributed by atoms with E-state index in [0.717, 1.165) is 26.7 Å². The Bertz CT molecular complexity index is 1480. The molecule has 0 unspecified atom stereocenters. The molecule has 0 spiro atoms. The van der Waals surface area contributed by atoms with Gasteiger partial charge in [0.05, 0.1) is 5.41 Å². The van der Waals surface area contributed by atoms with E-state index in [1.165, 1.54) is 0 Å². The number of hydrogen-bond acceptors (Lipinski definition) is 5. The summed E-state index contributed by atoms with van der Waals surface area (Å²) in [6.45, 7) is 5.41. The van der Waals surface area contributed by atoms with Gasteiger partial charge in [-0.05, 0) is 46.0 Å². The van der Waals surface area contributed by atoms with Crippen molar-refractivity contribution in [2.24, 2.45) is 5.41 Å². The molecule has 1 heterocycles. The molecule has 0 fully saturated rings. The number of anilines is 1. The second-order valence-electron chi connectivity index (χ2n) is 10.1. The monoisotopic (exact) mass is 559 g/mol. The number of aromatic nitrogens is 3. The molecule has 0 saturated carbocycles. The summed E-state index contributed by atoms with van der Waals surface area (Å²) in [5.41, 5.74) is 2.22. The van der Waals surface area contributed by atoms with Crippen molar-refractivity contribution >= 4 is 27.8 Å². The van der Waals surface area contributed by atoms with E-state index < -0.39 is 16.9 Å². The van der Waals surface area contributed by atoms with Crippen molar-refractivity contribution in [3.05, 3.63) is 109 Å². The molecule has 0 atom stereocenters. The summed E-state index contributed by atoms with van der Waals surface area (Å²) in [7, 11) is 0. The van der Waals surface area contributed by atoms with Gasteiger partial charge >= 0.3 is 0 Å². The minimum Gasteiger partial charge on any atom is -0.293 e. The first-order chi connectivity index (χ1) is 17.6. The normalized spacial score (nSPS) is 13.9. The third kappa shape index (κ3) is 4.23. The fraction of sp³-hybridized carbons (Fsp3) is 0.250. The molecule has 1 aliphatic carbocycles. The number of carbonyl (C=O) groups excluding carboxylic acids is 1. The van der Waals surface area contributed by atoms with Crippen LogP contribution in [-0.4, -0.2) is 26.0 Å². The van der Waals surface area contributed by atoms with E-state index in [9.17, 15) is 14.9 Å². The molecule has 4 aromatic rings. The first kappa shape index (κ1) is 24.8. The van der Waals surface area contributed by atoms with Gasteiger partial charge in [0.1, 0.15) is 0 Å². The van der Waals surface area contributed by atoms with E-state index in [1.54, 1.807) is 13.8 Å². The van der Waals surface area contributed by atoms with Crippen LogP contribution >= 0.6 is 15.9 Å². The Kier molecular flexibility index (Phi) is 6.19. The number of halogens is 1. The second kappa shape index (κ2) is 9.23. The predicted molar refractivity (Wildman–Crippen MR) is 145 cm³/mol. The first-order valence-corrected chi connectivity index (χ1v) is 12.7. The molecule has 5 rings (SSSR count). The van der Waals surface area contributed by atoms with Crippen LogP contribution in [0.25, 0.3) is 11.4 Å². The molecule has 9 heteroatoms.